The van der Waals surface area contributed by atoms with E-state index in [4.69, 9.17) is 0 Å². The van der Waals surface area contributed by atoms with Crippen molar-refractivity contribution in [2.45, 2.75) is 56.6 Å². The molecule has 0 unspecified atom stereocenters. The maximum Gasteiger partial charge on any atom is 0.290 e. The van der Waals surface area contributed by atoms with Crippen LogP contribution in [0.2, 0.25) is 0 Å². The normalized spacial score (nSPS) is 22.6. The molecule has 2 aromatic carbocycles. The number of fused-ring (bicyclic) bond motifs is 1. The highest BCUT2D eigenvalue weighted by Gasteiger charge is 2.35. The van der Waals surface area contributed by atoms with Crippen LogP contribution in [0.1, 0.15) is 60.6 Å². The summed E-state index contributed by atoms with van der Waals surface area (Å²) in [6.07, 6.45) is 4.75. The van der Waals surface area contributed by atoms with Crippen LogP contribution < -0.4 is 0 Å². The van der Waals surface area contributed by atoms with E-state index in [1.54, 1.807) is 11.6 Å². The van der Waals surface area contributed by atoms with E-state index in [9.17, 15) is 23.5 Å². The van der Waals surface area contributed by atoms with E-state index in [0.717, 1.165) is 42.8 Å². The van der Waals surface area contributed by atoms with Gasteiger partial charge in [0.1, 0.15) is 18.2 Å². The van der Waals surface area contributed by atoms with Crippen LogP contribution in [0.25, 0.3) is 22.2 Å². The van der Waals surface area contributed by atoms with Crippen molar-refractivity contribution in [2.24, 2.45) is 7.05 Å². The Morgan fingerprint density at radius 2 is 1.68 bits per heavy atom. The molecule has 0 spiro atoms. The lowest BCUT2D eigenvalue weighted by Crippen LogP contribution is -2.56. The molecule has 2 amide bonds. The first-order valence-electron chi connectivity index (χ1n) is 13.0. The molecule has 37 heavy (non-hydrogen) atoms. The highest BCUT2D eigenvalue weighted by atomic mass is 19.1. The maximum absolute atomic E-state index is 14.1. The number of carbonyl (C=O) groups is 2. The van der Waals surface area contributed by atoms with Crippen LogP contribution in [0.15, 0.2) is 30.3 Å². The standard InChI is InChI=1S/C28H30F2N4O3/c1-32-24-13-17(16-2-3-16)12-23(18-10-19(29)14-20(30)11-18)26(24)31-27(32)28(37)33-8-9-34(25(36)15-33)21-4-6-22(35)7-5-21/h10-14,16,21-22,35H,2-9,15H2,1H3/t21-,22-. The Balaban J connectivity index is 1.31. The maximum atomic E-state index is 14.1. The summed E-state index contributed by atoms with van der Waals surface area (Å²) in [7, 11) is 1.76. The van der Waals surface area contributed by atoms with Gasteiger partial charge in [0, 0.05) is 37.8 Å². The third-order valence-corrected chi connectivity index (χ3v) is 8.07. The number of benzene rings is 2. The second-order valence-corrected chi connectivity index (χ2v) is 10.6. The lowest BCUT2D eigenvalue weighted by atomic mass is 9.91. The fourth-order valence-corrected chi connectivity index (χ4v) is 5.84. The average molecular weight is 509 g/mol. The van der Waals surface area contributed by atoms with Crippen molar-refractivity contribution in [1.82, 2.24) is 19.4 Å². The average Bonchev–Trinajstić information content (AvgIpc) is 3.67. The van der Waals surface area contributed by atoms with E-state index in [2.05, 4.69) is 4.98 Å². The molecule has 2 aliphatic carbocycles. The third kappa shape index (κ3) is 4.50. The zero-order valence-corrected chi connectivity index (χ0v) is 20.8. The van der Waals surface area contributed by atoms with Gasteiger partial charge in [0.25, 0.3) is 5.91 Å². The number of nitrogens with zero attached hydrogens (tertiary/aromatic N) is 4. The molecule has 9 heteroatoms. The summed E-state index contributed by atoms with van der Waals surface area (Å²) in [6, 6.07) is 7.46. The zero-order chi connectivity index (χ0) is 25.8. The highest BCUT2D eigenvalue weighted by molar-refractivity contribution is 6.01. The molecule has 0 atom stereocenters. The molecule has 3 aromatic rings. The van der Waals surface area contributed by atoms with Gasteiger partial charge in [-0.25, -0.2) is 13.8 Å². The van der Waals surface area contributed by atoms with Gasteiger partial charge in [0.05, 0.1) is 17.1 Å². The lowest BCUT2D eigenvalue weighted by molar-refractivity contribution is -0.138. The summed E-state index contributed by atoms with van der Waals surface area (Å²) in [5.74, 6) is -1.18. The molecule has 1 N–H and O–H groups in total. The molecule has 3 fully saturated rings. The van der Waals surface area contributed by atoms with Crippen molar-refractivity contribution < 1.29 is 23.5 Å². The second kappa shape index (κ2) is 9.20. The Morgan fingerprint density at radius 1 is 0.973 bits per heavy atom. The molecule has 7 nitrogen and oxygen atoms in total. The molecule has 2 heterocycles. The third-order valence-electron chi connectivity index (χ3n) is 8.07. The molecule has 1 saturated heterocycles. The minimum absolute atomic E-state index is 0.0175. The molecule has 194 valence electrons. The number of aliphatic hydroxyl groups is 1. The molecule has 1 aromatic heterocycles. The van der Waals surface area contributed by atoms with Gasteiger partial charge in [0.2, 0.25) is 5.91 Å². The number of halogens is 2. The highest BCUT2D eigenvalue weighted by Crippen LogP contribution is 2.43. The quantitative estimate of drug-likeness (QED) is 0.578. The number of rotatable bonds is 4. The summed E-state index contributed by atoms with van der Waals surface area (Å²) in [5, 5.41) is 9.79. The summed E-state index contributed by atoms with van der Waals surface area (Å²) in [5.41, 5.74) is 3.26. The van der Waals surface area contributed by atoms with Crippen LogP contribution in [0.5, 0.6) is 0 Å². The van der Waals surface area contributed by atoms with Gasteiger partial charge >= 0.3 is 0 Å². The lowest BCUT2D eigenvalue weighted by Gasteiger charge is -2.41. The van der Waals surface area contributed by atoms with Crippen molar-refractivity contribution in [3.05, 3.63) is 53.4 Å². The first-order chi connectivity index (χ1) is 17.8. The minimum Gasteiger partial charge on any atom is -0.393 e. The van der Waals surface area contributed by atoms with Crippen LogP contribution in [0.4, 0.5) is 8.78 Å². The number of hydrogen-bond acceptors (Lipinski definition) is 4. The summed E-state index contributed by atoms with van der Waals surface area (Å²) < 4.78 is 29.9. The van der Waals surface area contributed by atoms with E-state index in [-0.39, 0.29) is 36.3 Å². The Hall–Kier alpha value is -3.33. The van der Waals surface area contributed by atoms with Crippen LogP contribution in [0, 0.1) is 11.6 Å². The van der Waals surface area contributed by atoms with E-state index in [0.29, 0.717) is 48.5 Å². The Morgan fingerprint density at radius 3 is 2.32 bits per heavy atom. The van der Waals surface area contributed by atoms with Gasteiger partial charge in [-0.05, 0) is 79.8 Å². The Kier molecular flexibility index (Phi) is 5.98. The van der Waals surface area contributed by atoms with E-state index in [1.165, 1.54) is 17.0 Å². The van der Waals surface area contributed by atoms with Gasteiger partial charge < -0.3 is 19.5 Å². The van der Waals surface area contributed by atoms with E-state index >= 15 is 0 Å². The fraction of sp³-hybridized carbons (Fsp3) is 0.464. The van der Waals surface area contributed by atoms with Crippen molar-refractivity contribution in [1.29, 1.82) is 0 Å². The molecular weight excluding hydrogens is 478 g/mol. The van der Waals surface area contributed by atoms with Gasteiger partial charge in [0.15, 0.2) is 5.82 Å². The molecule has 2 saturated carbocycles. The topological polar surface area (TPSA) is 78.7 Å². The monoisotopic (exact) mass is 508 g/mol. The minimum atomic E-state index is -0.670. The molecule has 1 aliphatic heterocycles. The first-order valence-corrected chi connectivity index (χ1v) is 13.0. The van der Waals surface area contributed by atoms with Crippen LogP contribution in [-0.2, 0) is 11.8 Å². The molecule has 6 rings (SSSR count). The molecule has 0 bridgehead atoms. The summed E-state index contributed by atoms with van der Waals surface area (Å²) >= 11 is 0. The number of piperazine rings is 1. The number of aromatic nitrogens is 2. The zero-order valence-electron chi connectivity index (χ0n) is 20.8. The van der Waals surface area contributed by atoms with Gasteiger partial charge in [-0.15, -0.1) is 0 Å². The largest absolute Gasteiger partial charge is 0.393 e. The summed E-state index contributed by atoms with van der Waals surface area (Å²) in [4.78, 5) is 34.6. The number of aryl methyl sites for hydroxylation is 1. The molecule has 0 radical (unpaired) electrons. The SMILES string of the molecule is Cn1c(C(=O)N2CCN([C@H]3CC[C@H](O)CC3)C(=O)C2)nc2c(-c3cc(F)cc(F)c3)cc(C3CC3)cc21. The van der Waals surface area contributed by atoms with Gasteiger partial charge in [-0.1, -0.05) is 0 Å². The van der Waals surface area contributed by atoms with Crippen molar-refractivity contribution in [3.63, 3.8) is 0 Å². The predicted molar refractivity (Wildman–Crippen MR) is 134 cm³/mol. The van der Waals surface area contributed by atoms with E-state index < -0.39 is 11.6 Å². The molecular formula is C28H30F2N4O3. The van der Waals surface area contributed by atoms with Crippen LogP contribution in [0.3, 0.4) is 0 Å². The first kappa shape index (κ1) is 24.0. The van der Waals surface area contributed by atoms with E-state index in [1.807, 2.05) is 17.0 Å². The number of hydrogen-bond donors (Lipinski definition) is 1. The van der Waals surface area contributed by atoms with Gasteiger partial charge in [-0.3, -0.25) is 9.59 Å². The number of amides is 2. The van der Waals surface area contributed by atoms with Crippen molar-refractivity contribution in [3.8, 4) is 11.1 Å². The Bertz CT molecular complexity index is 1370. The number of imidazole rings is 1. The second-order valence-electron chi connectivity index (χ2n) is 10.6. The van der Waals surface area contributed by atoms with Crippen molar-refractivity contribution >= 4 is 22.8 Å². The van der Waals surface area contributed by atoms with Crippen LogP contribution >= 0.6 is 0 Å². The molecule has 3 aliphatic rings. The fourth-order valence-electron chi connectivity index (χ4n) is 5.84. The van der Waals surface area contributed by atoms with Crippen LogP contribution in [-0.4, -0.2) is 68.1 Å². The number of carbonyl (C=O) groups excluding carboxylic acids is 2. The Labute approximate surface area is 213 Å². The smallest absolute Gasteiger partial charge is 0.290 e. The summed E-state index contributed by atoms with van der Waals surface area (Å²) in [6.45, 7) is 0.841. The number of aliphatic hydroxyl groups excluding tert-OH is 1. The van der Waals surface area contributed by atoms with Crippen molar-refractivity contribution in [2.75, 3.05) is 19.6 Å². The predicted octanol–water partition coefficient (Wildman–Crippen LogP) is 3.98. The van der Waals surface area contributed by atoms with Gasteiger partial charge in [-0.2, -0.15) is 0 Å².